The van der Waals surface area contributed by atoms with Crippen molar-refractivity contribution in [1.29, 1.82) is 0 Å². The highest BCUT2D eigenvalue weighted by Gasteiger charge is 2.23. The lowest BCUT2D eigenvalue weighted by molar-refractivity contribution is 0.274. The van der Waals surface area contributed by atoms with E-state index in [0.29, 0.717) is 5.57 Å². The first-order valence-electron chi connectivity index (χ1n) is 8.88. The molecular weight excluding hydrogens is 338 g/mol. The van der Waals surface area contributed by atoms with Crippen LogP contribution in [0.25, 0.3) is 0 Å². The maximum atomic E-state index is 14.5. The quantitative estimate of drug-likeness (QED) is 0.235. The predicted octanol–water partition coefficient (Wildman–Crippen LogP) is 7.56. The molecule has 0 aromatic rings. The summed E-state index contributed by atoms with van der Waals surface area (Å²) in [5, 5.41) is 1.87. The predicted molar refractivity (Wildman–Crippen MR) is 117 cm³/mol. The van der Waals surface area contributed by atoms with Gasteiger partial charge in [-0.25, -0.2) is 4.39 Å². The third-order valence-corrected chi connectivity index (χ3v) is 5.42. The van der Waals surface area contributed by atoms with E-state index < -0.39 is 5.67 Å². The fourth-order valence-corrected chi connectivity index (χ4v) is 4.32. The minimum Gasteiger partial charge on any atom is -0.239 e. The monoisotopic (exact) mass is 368 g/mol. The summed E-state index contributed by atoms with van der Waals surface area (Å²) >= 11 is 0. The number of hydrogen-bond acceptors (Lipinski definition) is 0. The van der Waals surface area contributed by atoms with Gasteiger partial charge in [0.15, 0.2) is 0 Å². The molecule has 0 aromatic carbocycles. The Kier molecular flexibility index (Phi) is 8.77. The van der Waals surface area contributed by atoms with Crippen LogP contribution in [0.4, 0.5) is 4.39 Å². The highest BCUT2D eigenvalue weighted by molar-refractivity contribution is 7.48. The SMILES string of the molecule is C=C/C(=C(\C#CC)PC(=C)CC1=CC=C(/C(C=C)=C/C)CC1)C(C)(C)F. The van der Waals surface area contributed by atoms with E-state index in [0.717, 1.165) is 29.9 Å². The van der Waals surface area contributed by atoms with Crippen LogP contribution in [-0.2, 0) is 0 Å². The summed E-state index contributed by atoms with van der Waals surface area (Å²) in [7, 11) is 0.290. The smallest absolute Gasteiger partial charge is 0.131 e. The van der Waals surface area contributed by atoms with Crippen molar-refractivity contribution in [2.75, 3.05) is 0 Å². The molecule has 0 radical (unpaired) electrons. The van der Waals surface area contributed by atoms with Gasteiger partial charge in [0, 0.05) is 10.9 Å². The van der Waals surface area contributed by atoms with Crippen LogP contribution in [0.15, 0.2) is 83.0 Å². The second-order valence-corrected chi connectivity index (χ2v) is 8.17. The number of hydrogen-bond donors (Lipinski definition) is 0. The van der Waals surface area contributed by atoms with Crippen molar-refractivity contribution in [3.05, 3.63) is 83.0 Å². The molecule has 0 N–H and O–H groups in total. The summed E-state index contributed by atoms with van der Waals surface area (Å²) in [4.78, 5) is 0. The van der Waals surface area contributed by atoms with Crippen LogP contribution in [0.3, 0.4) is 0 Å². The zero-order valence-corrected chi connectivity index (χ0v) is 17.5. The molecule has 1 unspecified atom stereocenters. The summed E-state index contributed by atoms with van der Waals surface area (Å²) in [6.07, 6.45) is 12.8. The van der Waals surface area contributed by atoms with Gasteiger partial charge in [0.2, 0.25) is 0 Å². The first-order valence-corrected chi connectivity index (χ1v) is 9.88. The largest absolute Gasteiger partial charge is 0.239 e. The Morgan fingerprint density at radius 1 is 1.27 bits per heavy atom. The molecule has 0 aromatic heterocycles. The minimum absolute atomic E-state index is 0.290. The van der Waals surface area contributed by atoms with Gasteiger partial charge in [-0.05, 0) is 63.4 Å². The highest BCUT2D eigenvalue weighted by Crippen LogP contribution is 2.41. The summed E-state index contributed by atoms with van der Waals surface area (Å²) in [6, 6.07) is 0. The molecule has 0 bridgehead atoms. The number of alkyl halides is 1. The Hall–Kier alpha value is -1.90. The lowest BCUT2D eigenvalue weighted by Crippen LogP contribution is -2.15. The third kappa shape index (κ3) is 6.44. The summed E-state index contributed by atoms with van der Waals surface area (Å²) in [5.74, 6) is 5.96. The molecule has 0 saturated carbocycles. The van der Waals surface area contributed by atoms with Gasteiger partial charge in [-0.2, -0.15) is 0 Å². The highest BCUT2D eigenvalue weighted by atomic mass is 31.1. The molecule has 2 heteroatoms. The van der Waals surface area contributed by atoms with Gasteiger partial charge in [0.1, 0.15) is 5.67 Å². The van der Waals surface area contributed by atoms with Crippen molar-refractivity contribution in [2.24, 2.45) is 0 Å². The van der Waals surface area contributed by atoms with Crippen molar-refractivity contribution in [3.63, 3.8) is 0 Å². The Balaban J connectivity index is 2.94. The van der Waals surface area contributed by atoms with Crippen LogP contribution >= 0.6 is 8.58 Å². The molecule has 0 nitrogen and oxygen atoms in total. The van der Waals surface area contributed by atoms with Crippen LogP contribution in [0, 0.1) is 11.8 Å². The fraction of sp³-hybridized carbons (Fsp3) is 0.333. The molecule has 0 spiro atoms. The van der Waals surface area contributed by atoms with Crippen LogP contribution in [0.2, 0.25) is 0 Å². The summed E-state index contributed by atoms with van der Waals surface area (Å²) in [5.41, 5.74) is 2.99. The molecule has 0 fully saturated rings. The second-order valence-electron chi connectivity index (χ2n) is 6.71. The van der Waals surface area contributed by atoms with Crippen molar-refractivity contribution in [3.8, 4) is 11.8 Å². The van der Waals surface area contributed by atoms with E-state index in [1.54, 1.807) is 26.8 Å². The summed E-state index contributed by atoms with van der Waals surface area (Å²) < 4.78 is 14.5. The minimum atomic E-state index is -1.45. The van der Waals surface area contributed by atoms with Gasteiger partial charge in [-0.15, -0.1) is 5.92 Å². The molecule has 1 aliphatic carbocycles. The van der Waals surface area contributed by atoms with Crippen molar-refractivity contribution >= 4 is 8.58 Å². The van der Waals surface area contributed by atoms with Crippen LogP contribution in [0.5, 0.6) is 0 Å². The van der Waals surface area contributed by atoms with Gasteiger partial charge in [0.25, 0.3) is 0 Å². The van der Waals surface area contributed by atoms with E-state index in [-0.39, 0.29) is 8.58 Å². The van der Waals surface area contributed by atoms with Crippen molar-refractivity contribution in [1.82, 2.24) is 0 Å². The van der Waals surface area contributed by atoms with E-state index in [4.69, 9.17) is 0 Å². The standard InChI is InChI=1S/C24H30FP/c1-8-12-23(22(11-4)24(6,7)25)26-18(5)17-19-13-15-21(16-14-19)20(9-2)10-3/h9-11,13,15,26H,2,4-5,14,16-17H2,1,3,6-7H3/b20-10+,23-22-. The van der Waals surface area contributed by atoms with E-state index in [2.05, 4.69) is 49.8 Å². The number of allylic oxidation sites excluding steroid dienone is 11. The maximum Gasteiger partial charge on any atom is 0.131 e. The zero-order chi connectivity index (χ0) is 19.7. The first-order chi connectivity index (χ1) is 12.3. The molecule has 0 aliphatic heterocycles. The number of halogens is 1. The Morgan fingerprint density at radius 3 is 2.38 bits per heavy atom. The molecule has 0 saturated heterocycles. The average Bonchev–Trinajstić information content (AvgIpc) is 2.57. The zero-order valence-electron chi connectivity index (χ0n) is 16.5. The van der Waals surface area contributed by atoms with Gasteiger partial charge in [-0.3, -0.25) is 0 Å². The van der Waals surface area contributed by atoms with Gasteiger partial charge in [0.05, 0.1) is 0 Å². The topological polar surface area (TPSA) is 0 Å². The second kappa shape index (κ2) is 10.3. The van der Waals surface area contributed by atoms with E-state index >= 15 is 0 Å². The lowest BCUT2D eigenvalue weighted by Gasteiger charge is -2.20. The lowest BCUT2D eigenvalue weighted by atomic mass is 9.92. The van der Waals surface area contributed by atoms with Gasteiger partial charge in [-0.1, -0.05) is 70.2 Å². The molecule has 1 rings (SSSR count). The third-order valence-electron chi connectivity index (χ3n) is 4.24. The number of rotatable bonds is 8. The molecule has 26 heavy (non-hydrogen) atoms. The molecular formula is C24H30FP. The molecule has 1 aliphatic rings. The maximum absolute atomic E-state index is 14.5. The van der Waals surface area contributed by atoms with Crippen LogP contribution in [0.1, 0.15) is 47.0 Å². The van der Waals surface area contributed by atoms with E-state index in [9.17, 15) is 4.39 Å². The van der Waals surface area contributed by atoms with Gasteiger partial charge >= 0.3 is 0 Å². The summed E-state index contributed by atoms with van der Waals surface area (Å²) in [6.45, 7) is 18.8. The Morgan fingerprint density at radius 2 is 1.96 bits per heavy atom. The van der Waals surface area contributed by atoms with E-state index in [1.807, 2.05) is 13.0 Å². The first kappa shape index (κ1) is 22.1. The molecule has 138 valence electrons. The molecule has 1 atom stereocenters. The van der Waals surface area contributed by atoms with E-state index in [1.165, 1.54) is 16.7 Å². The normalized spacial score (nSPS) is 16.3. The average molecular weight is 368 g/mol. The molecule has 0 amide bonds. The Bertz CT molecular complexity index is 752. The Labute approximate surface area is 160 Å². The van der Waals surface area contributed by atoms with Gasteiger partial charge < -0.3 is 0 Å². The molecule has 0 heterocycles. The van der Waals surface area contributed by atoms with Crippen LogP contribution < -0.4 is 0 Å². The van der Waals surface area contributed by atoms with Crippen molar-refractivity contribution < 1.29 is 4.39 Å². The fourth-order valence-electron chi connectivity index (χ4n) is 2.93. The van der Waals surface area contributed by atoms with Crippen molar-refractivity contribution in [2.45, 2.75) is 52.6 Å². The van der Waals surface area contributed by atoms with Crippen LogP contribution in [-0.4, -0.2) is 5.67 Å².